The maximum absolute atomic E-state index is 3.52. The van der Waals surface area contributed by atoms with E-state index in [9.17, 15) is 0 Å². The van der Waals surface area contributed by atoms with Crippen LogP contribution in [-0.4, -0.2) is 35.6 Å². The molecule has 1 N–H and O–H groups in total. The van der Waals surface area contributed by atoms with Gasteiger partial charge in [0.1, 0.15) is 0 Å². The number of hydrogen-bond acceptors (Lipinski definition) is 2. The normalized spacial score (nSPS) is 38.5. The summed E-state index contributed by atoms with van der Waals surface area (Å²) in [6.45, 7) is 9.41. The van der Waals surface area contributed by atoms with E-state index in [-0.39, 0.29) is 0 Å². The van der Waals surface area contributed by atoms with Gasteiger partial charge in [-0.15, -0.1) is 0 Å². The summed E-state index contributed by atoms with van der Waals surface area (Å²) in [5.74, 6) is 0. The summed E-state index contributed by atoms with van der Waals surface area (Å²) in [7, 11) is 0. The van der Waals surface area contributed by atoms with E-state index < -0.39 is 0 Å². The van der Waals surface area contributed by atoms with Gasteiger partial charge in [0.2, 0.25) is 0 Å². The van der Waals surface area contributed by atoms with Gasteiger partial charge in [-0.3, -0.25) is 4.90 Å². The number of fused-ring (bicyclic) bond motifs is 2. The lowest BCUT2D eigenvalue weighted by Gasteiger charge is -2.38. The largest absolute Gasteiger partial charge is 0.311 e. The van der Waals surface area contributed by atoms with Crippen LogP contribution >= 0.6 is 0 Å². The molecule has 2 aliphatic heterocycles. The van der Waals surface area contributed by atoms with Gasteiger partial charge in [-0.2, -0.15) is 0 Å². The fourth-order valence-electron chi connectivity index (χ4n) is 2.38. The number of rotatable bonds is 0. The first-order valence-corrected chi connectivity index (χ1v) is 4.57. The first-order valence-electron chi connectivity index (χ1n) is 4.57. The molecular weight excluding hydrogens is 136 g/mol. The number of hydrogen-bond donors (Lipinski definition) is 1. The number of nitrogens with one attached hydrogen (secondary N) is 1. The summed E-state index contributed by atoms with van der Waals surface area (Å²) in [5, 5.41) is 3.52. The molecule has 0 saturated carbocycles. The van der Waals surface area contributed by atoms with Crippen molar-refractivity contribution in [2.75, 3.05) is 13.1 Å². The Balaban J connectivity index is 2.08. The topological polar surface area (TPSA) is 15.3 Å². The molecule has 2 aliphatic rings. The van der Waals surface area contributed by atoms with Crippen LogP contribution in [0.4, 0.5) is 0 Å². The molecule has 0 aromatic heterocycles. The lowest BCUT2D eigenvalue weighted by atomic mass is 10.0. The zero-order valence-electron chi connectivity index (χ0n) is 7.72. The highest BCUT2D eigenvalue weighted by atomic mass is 15.3. The summed E-state index contributed by atoms with van der Waals surface area (Å²) in [4.78, 5) is 2.63. The third kappa shape index (κ3) is 1.18. The van der Waals surface area contributed by atoms with E-state index in [1.807, 2.05) is 0 Å². The second-order valence-corrected chi connectivity index (χ2v) is 4.82. The van der Waals surface area contributed by atoms with Crippen LogP contribution in [-0.2, 0) is 0 Å². The highest BCUT2D eigenvalue weighted by Gasteiger charge is 2.41. The van der Waals surface area contributed by atoms with Crippen molar-refractivity contribution in [2.24, 2.45) is 0 Å². The molecule has 2 fully saturated rings. The fourth-order valence-corrected chi connectivity index (χ4v) is 2.38. The summed E-state index contributed by atoms with van der Waals surface area (Å²) in [6, 6.07) is 1.61. The first kappa shape index (κ1) is 7.56. The van der Waals surface area contributed by atoms with Gasteiger partial charge in [-0.25, -0.2) is 0 Å². The number of piperazine rings is 1. The molecule has 1 unspecified atom stereocenters. The predicted molar refractivity (Wildman–Crippen MR) is 46.7 cm³/mol. The monoisotopic (exact) mass is 154 g/mol. The van der Waals surface area contributed by atoms with Crippen LogP contribution in [0.2, 0.25) is 0 Å². The molecule has 2 heterocycles. The van der Waals surface area contributed by atoms with Crippen LogP contribution in [0.15, 0.2) is 0 Å². The summed E-state index contributed by atoms with van der Waals surface area (Å²) >= 11 is 0. The molecule has 64 valence electrons. The van der Waals surface area contributed by atoms with Gasteiger partial charge in [0, 0.05) is 30.7 Å². The van der Waals surface area contributed by atoms with Crippen molar-refractivity contribution in [2.45, 2.75) is 44.8 Å². The van der Waals surface area contributed by atoms with Crippen molar-refractivity contribution in [1.29, 1.82) is 0 Å². The minimum Gasteiger partial charge on any atom is -0.311 e. The van der Waals surface area contributed by atoms with E-state index in [0.29, 0.717) is 5.54 Å². The predicted octanol–water partition coefficient (Wildman–Crippen LogP) is 0.831. The standard InChI is InChI=1S/C9H18N2/c1-9(2,3)11-6-7-4-8(11)5-10-7/h7-8,10H,4-6H2,1-3H3/t7-,8?/m1/s1. The van der Waals surface area contributed by atoms with Crippen LogP contribution < -0.4 is 5.32 Å². The Morgan fingerprint density at radius 2 is 2.09 bits per heavy atom. The number of likely N-dealkylation sites (tertiary alicyclic amines) is 1. The summed E-state index contributed by atoms with van der Waals surface area (Å²) < 4.78 is 0. The van der Waals surface area contributed by atoms with Crippen LogP contribution in [0, 0.1) is 0 Å². The van der Waals surface area contributed by atoms with Gasteiger partial charge in [-0.1, -0.05) is 0 Å². The van der Waals surface area contributed by atoms with Gasteiger partial charge in [0.25, 0.3) is 0 Å². The third-order valence-electron chi connectivity index (χ3n) is 2.92. The summed E-state index contributed by atoms with van der Waals surface area (Å²) in [5.41, 5.74) is 0.377. The van der Waals surface area contributed by atoms with Gasteiger partial charge >= 0.3 is 0 Å². The lowest BCUT2D eigenvalue weighted by Crippen LogP contribution is -2.52. The molecule has 0 amide bonds. The molecule has 2 heteroatoms. The molecule has 0 aromatic carbocycles. The Bertz CT molecular complexity index is 159. The van der Waals surface area contributed by atoms with Crippen molar-refractivity contribution in [3.05, 3.63) is 0 Å². The minimum atomic E-state index is 0.377. The average Bonchev–Trinajstić information content (AvgIpc) is 2.42. The van der Waals surface area contributed by atoms with Crippen molar-refractivity contribution < 1.29 is 0 Å². The Morgan fingerprint density at radius 3 is 2.36 bits per heavy atom. The smallest absolute Gasteiger partial charge is 0.0241 e. The zero-order valence-corrected chi connectivity index (χ0v) is 7.72. The summed E-state index contributed by atoms with van der Waals surface area (Å²) in [6.07, 6.45) is 1.37. The molecule has 0 radical (unpaired) electrons. The molecule has 2 nitrogen and oxygen atoms in total. The molecule has 11 heavy (non-hydrogen) atoms. The Labute approximate surface area is 69.0 Å². The molecular formula is C9H18N2. The maximum atomic E-state index is 3.52. The molecule has 0 aliphatic carbocycles. The second-order valence-electron chi connectivity index (χ2n) is 4.82. The van der Waals surface area contributed by atoms with E-state index in [1.54, 1.807) is 0 Å². The van der Waals surface area contributed by atoms with Gasteiger partial charge in [0.05, 0.1) is 0 Å². The Morgan fingerprint density at radius 1 is 1.36 bits per heavy atom. The van der Waals surface area contributed by atoms with E-state index >= 15 is 0 Å². The maximum Gasteiger partial charge on any atom is 0.0241 e. The van der Waals surface area contributed by atoms with Crippen molar-refractivity contribution in [3.63, 3.8) is 0 Å². The quantitative estimate of drug-likeness (QED) is 0.556. The highest BCUT2D eigenvalue weighted by molar-refractivity contribution is 5.01. The zero-order chi connectivity index (χ0) is 8.06. The fraction of sp³-hybridized carbons (Fsp3) is 1.00. The van der Waals surface area contributed by atoms with Gasteiger partial charge < -0.3 is 5.32 Å². The van der Waals surface area contributed by atoms with Crippen molar-refractivity contribution >= 4 is 0 Å². The molecule has 2 bridgehead atoms. The lowest BCUT2D eigenvalue weighted by molar-refractivity contribution is 0.106. The van der Waals surface area contributed by atoms with Crippen LogP contribution in [0.3, 0.4) is 0 Å². The molecule has 0 aromatic rings. The van der Waals surface area contributed by atoms with E-state index in [2.05, 4.69) is 31.0 Å². The molecule has 2 saturated heterocycles. The minimum absolute atomic E-state index is 0.377. The van der Waals surface area contributed by atoms with Crippen molar-refractivity contribution in [3.8, 4) is 0 Å². The van der Waals surface area contributed by atoms with Crippen LogP contribution in [0.1, 0.15) is 27.2 Å². The first-order chi connectivity index (χ1) is 5.07. The third-order valence-corrected chi connectivity index (χ3v) is 2.92. The second kappa shape index (κ2) is 2.20. The van der Waals surface area contributed by atoms with Crippen LogP contribution in [0.5, 0.6) is 0 Å². The molecule has 2 rings (SSSR count). The van der Waals surface area contributed by atoms with E-state index in [1.165, 1.54) is 19.5 Å². The van der Waals surface area contributed by atoms with Crippen molar-refractivity contribution in [1.82, 2.24) is 10.2 Å². The Kier molecular flexibility index (Phi) is 1.52. The molecule has 0 spiro atoms. The van der Waals surface area contributed by atoms with E-state index in [0.717, 1.165) is 12.1 Å². The average molecular weight is 154 g/mol. The van der Waals surface area contributed by atoms with E-state index in [4.69, 9.17) is 0 Å². The molecule has 2 atom stereocenters. The highest BCUT2D eigenvalue weighted by Crippen LogP contribution is 2.29. The van der Waals surface area contributed by atoms with Gasteiger partial charge in [0.15, 0.2) is 0 Å². The van der Waals surface area contributed by atoms with Gasteiger partial charge in [-0.05, 0) is 27.2 Å². The SMILES string of the molecule is CC(C)(C)N1C[C@H]2CC1CN2. The van der Waals surface area contributed by atoms with Crippen LogP contribution in [0.25, 0.3) is 0 Å². The Hall–Kier alpha value is -0.0800. The number of nitrogens with zero attached hydrogens (tertiary/aromatic N) is 1.